The van der Waals surface area contributed by atoms with Crippen molar-refractivity contribution in [3.05, 3.63) is 30.3 Å². The third-order valence-corrected chi connectivity index (χ3v) is 3.00. The molecule has 0 fully saturated rings. The first-order valence-corrected chi connectivity index (χ1v) is 6.79. The third kappa shape index (κ3) is 5.02. The zero-order valence-electron chi connectivity index (χ0n) is 11.2. The Hall–Kier alpha value is -1.13. The molecule has 0 amide bonds. The van der Waals surface area contributed by atoms with Crippen LogP contribution in [0.3, 0.4) is 0 Å². The number of thiocarbonyl (C=S) groups is 1. The molecule has 0 heterocycles. The minimum absolute atomic E-state index is 0.663. The lowest BCUT2D eigenvalue weighted by atomic mass is 10.2. The van der Waals surface area contributed by atoms with E-state index >= 15 is 0 Å². The van der Waals surface area contributed by atoms with Crippen molar-refractivity contribution < 1.29 is 4.74 Å². The summed E-state index contributed by atoms with van der Waals surface area (Å²) < 4.78 is 5.02. The molecule has 1 N–H and O–H groups in total. The zero-order chi connectivity index (χ0) is 13.2. The van der Waals surface area contributed by atoms with Crippen LogP contribution in [0.5, 0.6) is 0 Å². The molecule has 3 nitrogen and oxygen atoms in total. The lowest BCUT2D eigenvalue weighted by Crippen LogP contribution is -2.41. The minimum Gasteiger partial charge on any atom is -0.383 e. The Balaban J connectivity index is 2.63. The zero-order valence-corrected chi connectivity index (χ0v) is 12.0. The highest BCUT2D eigenvalue weighted by molar-refractivity contribution is 7.80. The summed E-state index contributed by atoms with van der Waals surface area (Å²) in [5.41, 5.74) is 1.14. The van der Waals surface area contributed by atoms with E-state index in [0.29, 0.717) is 6.61 Å². The van der Waals surface area contributed by atoms with E-state index < -0.39 is 0 Å². The Kier molecular flexibility index (Phi) is 7.37. The number of nitrogens with zero attached hydrogens (tertiary/aromatic N) is 1. The summed E-state index contributed by atoms with van der Waals surface area (Å²) >= 11 is 5.44. The van der Waals surface area contributed by atoms with Gasteiger partial charge in [0.05, 0.1) is 6.61 Å². The number of nitrogens with one attached hydrogen (secondary N) is 1. The molecule has 1 aromatic carbocycles. The van der Waals surface area contributed by atoms with Crippen LogP contribution in [-0.2, 0) is 4.74 Å². The molecule has 4 heteroatoms. The van der Waals surface area contributed by atoms with Gasteiger partial charge in [0.2, 0.25) is 0 Å². The molecule has 0 radical (unpaired) electrons. The number of unbranched alkanes of at least 4 members (excludes halogenated alkanes) is 1. The number of hydrogen-bond acceptors (Lipinski definition) is 2. The van der Waals surface area contributed by atoms with Gasteiger partial charge in [-0.1, -0.05) is 31.5 Å². The molecule has 100 valence electrons. The number of ether oxygens (including phenoxy) is 1. The first kappa shape index (κ1) is 14.9. The first-order valence-electron chi connectivity index (χ1n) is 6.39. The van der Waals surface area contributed by atoms with Crippen LogP contribution in [-0.4, -0.2) is 31.9 Å². The van der Waals surface area contributed by atoms with Crippen molar-refractivity contribution >= 4 is 23.0 Å². The molecule has 0 bridgehead atoms. The number of anilines is 1. The van der Waals surface area contributed by atoms with Crippen molar-refractivity contribution in [1.29, 1.82) is 0 Å². The fourth-order valence-electron chi connectivity index (χ4n) is 1.63. The summed E-state index contributed by atoms with van der Waals surface area (Å²) in [4.78, 5) is 2.15. The van der Waals surface area contributed by atoms with Gasteiger partial charge >= 0.3 is 0 Å². The second kappa shape index (κ2) is 8.89. The van der Waals surface area contributed by atoms with E-state index in [-0.39, 0.29) is 0 Å². The molecule has 0 aromatic heterocycles. The van der Waals surface area contributed by atoms with Crippen molar-refractivity contribution in [2.24, 2.45) is 0 Å². The van der Waals surface area contributed by atoms with E-state index in [9.17, 15) is 0 Å². The number of para-hydroxylation sites is 1. The molecular weight excluding hydrogens is 244 g/mol. The predicted molar refractivity (Wildman–Crippen MR) is 81.2 cm³/mol. The fourth-order valence-corrected chi connectivity index (χ4v) is 1.93. The molecule has 0 spiro atoms. The van der Waals surface area contributed by atoms with Gasteiger partial charge in [0.25, 0.3) is 0 Å². The first-order chi connectivity index (χ1) is 8.79. The van der Waals surface area contributed by atoms with Crippen molar-refractivity contribution in [2.45, 2.75) is 19.8 Å². The molecule has 0 aliphatic carbocycles. The van der Waals surface area contributed by atoms with Crippen LogP contribution in [0.4, 0.5) is 5.69 Å². The summed E-state index contributed by atoms with van der Waals surface area (Å²) in [7, 11) is 1.69. The van der Waals surface area contributed by atoms with E-state index in [0.717, 1.165) is 36.7 Å². The number of hydrogen-bond donors (Lipinski definition) is 1. The van der Waals surface area contributed by atoms with Gasteiger partial charge in [-0.2, -0.15) is 0 Å². The topological polar surface area (TPSA) is 24.5 Å². The van der Waals surface area contributed by atoms with Gasteiger partial charge in [0, 0.05) is 25.9 Å². The molecular formula is C14H22N2OS. The standard InChI is InChI=1S/C14H22N2OS/c1-3-4-11-16(13-8-6-5-7-9-13)14(18)15-10-12-17-2/h5-9H,3-4,10-12H2,1-2H3,(H,15,18). The monoisotopic (exact) mass is 266 g/mol. The van der Waals surface area contributed by atoms with Gasteiger partial charge in [-0.05, 0) is 30.8 Å². The molecule has 0 aliphatic rings. The normalized spacial score (nSPS) is 10.1. The maximum absolute atomic E-state index is 5.44. The molecule has 1 rings (SSSR count). The van der Waals surface area contributed by atoms with Gasteiger partial charge in [-0.3, -0.25) is 0 Å². The fraction of sp³-hybridized carbons (Fsp3) is 0.500. The van der Waals surface area contributed by atoms with Crippen LogP contribution in [0.15, 0.2) is 30.3 Å². The van der Waals surface area contributed by atoms with Crippen molar-refractivity contribution in [3.8, 4) is 0 Å². The molecule has 1 aromatic rings. The molecule has 18 heavy (non-hydrogen) atoms. The second-order valence-electron chi connectivity index (χ2n) is 4.07. The maximum Gasteiger partial charge on any atom is 0.173 e. The van der Waals surface area contributed by atoms with E-state index in [2.05, 4.69) is 29.3 Å². The Morgan fingerprint density at radius 2 is 2.06 bits per heavy atom. The highest BCUT2D eigenvalue weighted by atomic mass is 32.1. The summed E-state index contributed by atoms with van der Waals surface area (Å²) in [5.74, 6) is 0. The number of benzene rings is 1. The van der Waals surface area contributed by atoms with Crippen molar-refractivity contribution in [1.82, 2.24) is 5.32 Å². The molecule has 0 saturated heterocycles. The maximum atomic E-state index is 5.44. The van der Waals surface area contributed by atoms with Gasteiger partial charge in [-0.25, -0.2) is 0 Å². The number of methoxy groups -OCH3 is 1. The van der Waals surface area contributed by atoms with E-state index in [1.165, 1.54) is 0 Å². The van der Waals surface area contributed by atoms with Gasteiger partial charge in [0.1, 0.15) is 0 Å². The SMILES string of the molecule is CCCCN(C(=S)NCCOC)c1ccccc1. The summed E-state index contributed by atoms with van der Waals surface area (Å²) in [6.45, 7) is 4.53. The highest BCUT2D eigenvalue weighted by Crippen LogP contribution is 2.14. The minimum atomic E-state index is 0.663. The summed E-state index contributed by atoms with van der Waals surface area (Å²) in [5, 5.41) is 3.99. The average Bonchev–Trinajstić information content (AvgIpc) is 2.41. The van der Waals surface area contributed by atoms with Crippen molar-refractivity contribution in [3.63, 3.8) is 0 Å². The van der Waals surface area contributed by atoms with Crippen LogP contribution in [0.1, 0.15) is 19.8 Å². The third-order valence-electron chi connectivity index (χ3n) is 2.63. The van der Waals surface area contributed by atoms with Crippen LogP contribution in [0, 0.1) is 0 Å². The largest absolute Gasteiger partial charge is 0.383 e. The lowest BCUT2D eigenvalue weighted by Gasteiger charge is -2.25. The Morgan fingerprint density at radius 1 is 1.33 bits per heavy atom. The smallest absolute Gasteiger partial charge is 0.173 e. The second-order valence-corrected chi connectivity index (χ2v) is 4.45. The summed E-state index contributed by atoms with van der Waals surface area (Å²) in [6.07, 6.45) is 2.28. The number of rotatable bonds is 7. The van der Waals surface area contributed by atoms with Crippen LogP contribution >= 0.6 is 12.2 Å². The quantitative estimate of drug-likeness (QED) is 0.606. The predicted octanol–water partition coefficient (Wildman–Crippen LogP) is 2.81. The molecule has 0 atom stereocenters. The highest BCUT2D eigenvalue weighted by Gasteiger charge is 2.10. The molecule has 0 aliphatic heterocycles. The summed E-state index contributed by atoms with van der Waals surface area (Å²) in [6, 6.07) is 10.3. The van der Waals surface area contributed by atoms with E-state index in [1.807, 2.05) is 18.2 Å². The molecule has 0 saturated carbocycles. The Morgan fingerprint density at radius 3 is 2.67 bits per heavy atom. The van der Waals surface area contributed by atoms with Gasteiger partial charge < -0.3 is 15.0 Å². The average molecular weight is 266 g/mol. The van der Waals surface area contributed by atoms with Gasteiger partial charge in [0.15, 0.2) is 5.11 Å². The lowest BCUT2D eigenvalue weighted by molar-refractivity contribution is 0.204. The van der Waals surface area contributed by atoms with Gasteiger partial charge in [-0.15, -0.1) is 0 Å². The Labute approximate surface area is 115 Å². The van der Waals surface area contributed by atoms with Crippen LogP contribution in [0.25, 0.3) is 0 Å². The van der Waals surface area contributed by atoms with Crippen LogP contribution in [0.2, 0.25) is 0 Å². The van der Waals surface area contributed by atoms with E-state index in [4.69, 9.17) is 17.0 Å². The molecule has 0 unspecified atom stereocenters. The van der Waals surface area contributed by atoms with Crippen LogP contribution < -0.4 is 10.2 Å². The van der Waals surface area contributed by atoms with E-state index in [1.54, 1.807) is 7.11 Å². The van der Waals surface area contributed by atoms with Crippen molar-refractivity contribution in [2.75, 3.05) is 31.7 Å². The Bertz CT molecular complexity index is 343.